The Morgan fingerprint density at radius 1 is 0.907 bits per heavy atom. The Hall–Kier alpha value is -4.88. The third-order valence-electron chi connectivity index (χ3n) is 9.13. The molecule has 1 saturated heterocycles. The van der Waals surface area contributed by atoms with Gasteiger partial charge in [-0.05, 0) is 78.7 Å². The van der Waals surface area contributed by atoms with Crippen LogP contribution in [0, 0.1) is 12.8 Å². The highest BCUT2D eigenvalue weighted by Gasteiger charge is 2.70. The van der Waals surface area contributed by atoms with Gasteiger partial charge in [0.15, 0.2) is 23.1 Å². The number of amides is 1. The van der Waals surface area contributed by atoms with E-state index in [-0.39, 0.29) is 24.3 Å². The third kappa shape index (κ3) is 3.58. The smallest absolute Gasteiger partial charge is 0.238 e. The van der Waals surface area contributed by atoms with Crippen LogP contribution in [-0.2, 0) is 10.2 Å². The van der Waals surface area contributed by atoms with Gasteiger partial charge in [0.05, 0.1) is 12.0 Å². The largest absolute Gasteiger partial charge is 0.454 e. The predicted octanol–water partition coefficient (Wildman–Crippen LogP) is 6.23. The van der Waals surface area contributed by atoms with Gasteiger partial charge in [-0.2, -0.15) is 0 Å². The van der Waals surface area contributed by atoms with E-state index in [1.54, 1.807) is 42.5 Å². The van der Waals surface area contributed by atoms with Crippen molar-refractivity contribution >= 4 is 46.5 Å². The van der Waals surface area contributed by atoms with E-state index in [1.165, 1.54) is 0 Å². The van der Waals surface area contributed by atoms with Crippen LogP contribution in [0.15, 0.2) is 91.0 Å². The SMILES string of the molecule is Cc1ccc2c(c1)C=C[C@@H]1N2[C@H](C(=O)c2ccc(Cl)cc2)[C@H](C(=O)c2ccc3c(c2)OCO3)[C@@]12C(=O)Nc1ccccc12. The summed E-state index contributed by atoms with van der Waals surface area (Å²) in [4.78, 5) is 46.2. The molecule has 1 spiro atoms. The standard InChI is InChI=1S/C35H25ClN2O5/c1-19-6-13-26-21(16-19)10-15-29-35(24-4-2-3-5-25(24)37-34(35)41)30(32(39)22-9-14-27-28(17-22)43-18-42-27)31(38(26)29)33(40)20-7-11-23(36)12-8-20/h2-17,29-31H,18H2,1H3,(H,37,41)/t29-,30+,31-,35-/m0/s1. The molecule has 43 heavy (non-hydrogen) atoms. The number of carbonyl (C=O) groups is 3. The summed E-state index contributed by atoms with van der Waals surface area (Å²) in [6, 6.07) is 23.5. The van der Waals surface area contributed by atoms with Crippen molar-refractivity contribution in [3.8, 4) is 11.5 Å². The molecule has 1 amide bonds. The summed E-state index contributed by atoms with van der Waals surface area (Å²) < 4.78 is 11.1. The summed E-state index contributed by atoms with van der Waals surface area (Å²) in [6.07, 6.45) is 3.97. The summed E-state index contributed by atoms with van der Waals surface area (Å²) in [7, 11) is 0. The van der Waals surface area contributed by atoms with Crippen LogP contribution in [0.25, 0.3) is 6.08 Å². The second-order valence-electron chi connectivity index (χ2n) is 11.4. The van der Waals surface area contributed by atoms with Crippen LogP contribution in [0.3, 0.4) is 0 Å². The number of hydrogen-bond donors (Lipinski definition) is 1. The molecular weight excluding hydrogens is 564 g/mol. The van der Waals surface area contributed by atoms with Gasteiger partial charge in [0.25, 0.3) is 0 Å². The number of fused-ring (bicyclic) bond motifs is 7. The lowest BCUT2D eigenvalue weighted by Gasteiger charge is -2.37. The molecule has 0 radical (unpaired) electrons. The number of Topliss-reactive ketones (excluding diaryl/α,β-unsaturated/α-hetero) is 2. The molecule has 4 aliphatic heterocycles. The molecule has 4 aliphatic rings. The van der Waals surface area contributed by atoms with E-state index in [9.17, 15) is 14.4 Å². The summed E-state index contributed by atoms with van der Waals surface area (Å²) in [5, 5.41) is 3.55. The maximum atomic E-state index is 15.0. The number of nitrogens with one attached hydrogen (secondary N) is 1. The van der Waals surface area contributed by atoms with Crippen LogP contribution in [0.5, 0.6) is 11.5 Å². The topological polar surface area (TPSA) is 84.9 Å². The van der Waals surface area contributed by atoms with E-state index in [1.807, 2.05) is 66.4 Å². The number of aryl methyl sites for hydroxylation is 1. The van der Waals surface area contributed by atoms with E-state index in [4.69, 9.17) is 21.1 Å². The van der Waals surface area contributed by atoms with Crippen molar-refractivity contribution in [3.05, 3.63) is 124 Å². The molecule has 212 valence electrons. The zero-order chi connectivity index (χ0) is 29.5. The zero-order valence-electron chi connectivity index (χ0n) is 23.0. The first-order valence-electron chi connectivity index (χ1n) is 14.1. The molecule has 4 aromatic carbocycles. The van der Waals surface area contributed by atoms with Crippen LogP contribution in [0.2, 0.25) is 5.02 Å². The lowest BCUT2D eigenvalue weighted by Crippen LogP contribution is -2.51. The van der Waals surface area contributed by atoms with Crippen LogP contribution in [0.4, 0.5) is 11.4 Å². The third-order valence-corrected chi connectivity index (χ3v) is 9.38. The first kappa shape index (κ1) is 25.8. The number of hydrogen-bond acceptors (Lipinski definition) is 6. The number of anilines is 2. The van der Waals surface area contributed by atoms with Gasteiger partial charge in [-0.25, -0.2) is 0 Å². The molecule has 4 aromatic rings. The molecule has 0 saturated carbocycles. The van der Waals surface area contributed by atoms with E-state index in [2.05, 4.69) is 5.32 Å². The molecule has 0 unspecified atom stereocenters. The minimum absolute atomic E-state index is 0.0602. The van der Waals surface area contributed by atoms with Gasteiger partial charge in [-0.3, -0.25) is 14.4 Å². The van der Waals surface area contributed by atoms with Gasteiger partial charge in [0.2, 0.25) is 12.7 Å². The number of halogens is 1. The Bertz CT molecular complexity index is 1900. The number of carbonyl (C=O) groups excluding carboxylic acids is 3. The number of benzene rings is 4. The Balaban J connectivity index is 1.41. The number of rotatable bonds is 4. The first-order chi connectivity index (χ1) is 20.9. The van der Waals surface area contributed by atoms with E-state index >= 15 is 0 Å². The number of nitrogens with zero attached hydrogens (tertiary/aromatic N) is 1. The van der Waals surface area contributed by atoms with Gasteiger partial charge in [-0.15, -0.1) is 0 Å². The molecule has 8 heteroatoms. The zero-order valence-corrected chi connectivity index (χ0v) is 23.8. The van der Waals surface area contributed by atoms with Gasteiger partial charge in [0.1, 0.15) is 11.5 Å². The summed E-state index contributed by atoms with van der Waals surface area (Å²) in [5.41, 5.74) is 3.46. The van der Waals surface area contributed by atoms with Gasteiger partial charge >= 0.3 is 0 Å². The average Bonchev–Trinajstić information content (AvgIpc) is 3.69. The second kappa shape index (κ2) is 9.31. The van der Waals surface area contributed by atoms with E-state index < -0.39 is 23.4 Å². The van der Waals surface area contributed by atoms with Crippen molar-refractivity contribution < 1.29 is 23.9 Å². The highest BCUT2D eigenvalue weighted by Crippen LogP contribution is 2.58. The van der Waals surface area contributed by atoms with Crippen molar-refractivity contribution in [2.75, 3.05) is 17.0 Å². The van der Waals surface area contributed by atoms with E-state index in [0.717, 1.165) is 16.8 Å². The Morgan fingerprint density at radius 2 is 1.67 bits per heavy atom. The quantitative estimate of drug-likeness (QED) is 0.284. The van der Waals surface area contributed by atoms with Gasteiger partial charge in [0, 0.05) is 27.5 Å². The highest BCUT2D eigenvalue weighted by molar-refractivity contribution is 6.30. The lowest BCUT2D eigenvalue weighted by atomic mass is 9.64. The van der Waals surface area contributed by atoms with Crippen molar-refractivity contribution in [2.45, 2.75) is 24.4 Å². The van der Waals surface area contributed by atoms with Gasteiger partial charge < -0.3 is 19.7 Å². The van der Waals surface area contributed by atoms with Crippen molar-refractivity contribution in [1.29, 1.82) is 0 Å². The number of ketones is 2. The highest BCUT2D eigenvalue weighted by atomic mass is 35.5. The van der Waals surface area contributed by atoms with Crippen molar-refractivity contribution in [1.82, 2.24) is 0 Å². The Morgan fingerprint density at radius 3 is 2.51 bits per heavy atom. The molecule has 8 rings (SSSR count). The molecule has 1 N–H and O–H groups in total. The molecule has 7 nitrogen and oxygen atoms in total. The number of ether oxygens (including phenoxy) is 2. The second-order valence-corrected chi connectivity index (χ2v) is 11.8. The van der Waals surface area contributed by atoms with Crippen LogP contribution in [0.1, 0.15) is 37.4 Å². The molecular formula is C35H25ClN2O5. The monoisotopic (exact) mass is 588 g/mol. The van der Waals surface area contributed by atoms with Gasteiger partial charge in [-0.1, -0.05) is 53.6 Å². The Kier molecular flexibility index (Phi) is 5.59. The Labute approximate surface area is 252 Å². The molecule has 0 aliphatic carbocycles. The summed E-state index contributed by atoms with van der Waals surface area (Å²) in [6.45, 7) is 2.07. The summed E-state index contributed by atoms with van der Waals surface area (Å²) in [5.74, 6) is -0.991. The molecule has 0 bridgehead atoms. The minimum atomic E-state index is -1.39. The minimum Gasteiger partial charge on any atom is -0.454 e. The van der Waals surface area contributed by atoms with Crippen LogP contribution < -0.4 is 19.7 Å². The fourth-order valence-corrected chi connectivity index (χ4v) is 7.44. The fourth-order valence-electron chi connectivity index (χ4n) is 7.31. The molecule has 4 heterocycles. The maximum absolute atomic E-state index is 15.0. The molecule has 0 aromatic heterocycles. The first-order valence-corrected chi connectivity index (χ1v) is 14.5. The lowest BCUT2D eigenvalue weighted by molar-refractivity contribution is -0.121. The normalized spacial score (nSPS) is 24.0. The molecule has 4 atom stereocenters. The van der Waals surface area contributed by atoms with E-state index in [0.29, 0.717) is 38.9 Å². The van der Waals surface area contributed by atoms with Crippen molar-refractivity contribution in [2.24, 2.45) is 5.92 Å². The predicted molar refractivity (Wildman–Crippen MR) is 163 cm³/mol. The van der Waals surface area contributed by atoms with Crippen molar-refractivity contribution in [3.63, 3.8) is 0 Å². The van der Waals surface area contributed by atoms with Crippen LogP contribution in [-0.4, -0.2) is 36.4 Å². The fraction of sp³-hybridized carbons (Fsp3) is 0.171. The molecule has 1 fully saturated rings. The van der Waals surface area contributed by atoms with Crippen LogP contribution >= 0.6 is 11.6 Å². The number of para-hydroxylation sites is 1. The summed E-state index contributed by atoms with van der Waals surface area (Å²) >= 11 is 6.19. The average molecular weight is 589 g/mol. The maximum Gasteiger partial charge on any atom is 0.238 e.